The Labute approximate surface area is 71.4 Å². The van der Waals surface area contributed by atoms with Gasteiger partial charge in [-0.3, -0.25) is 0 Å². The van der Waals surface area contributed by atoms with Gasteiger partial charge >= 0.3 is 0 Å². The van der Waals surface area contributed by atoms with E-state index in [-0.39, 0.29) is 72.2 Å². The molecule has 0 aliphatic heterocycles. The molecule has 0 aliphatic rings. The first-order valence-corrected chi connectivity index (χ1v) is 0. The molecular weight excluding hydrogens is 314 g/mol. The predicted molar refractivity (Wildman–Crippen MR) is 27.6 cm³/mol. The molecule has 0 N–H and O–H groups in total. The summed E-state index contributed by atoms with van der Waals surface area (Å²) in [6.07, 6.45) is 0. The van der Waals surface area contributed by atoms with Gasteiger partial charge in [0, 0.05) is 58.7 Å². The van der Waals surface area contributed by atoms with Crippen LogP contribution in [0.25, 0.3) is 0 Å². The number of hydrogen-bond donors (Lipinski definition) is 0. The third kappa shape index (κ3) is 8.88. The second-order valence-corrected chi connectivity index (χ2v) is 0. The van der Waals surface area contributed by atoms with Crippen LogP contribution in [0.4, 0.5) is 0 Å². The Hall–Kier alpha value is 2.22. The molecule has 0 rings (SSSR count). The van der Waals surface area contributed by atoms with E-state index in [1.807, 2.05) is 0 Å². The quantitative estimate of drug-likeness (QED) is 0.502. The fourth-order valence-electron chi connectivity index (χ4n) is 0. The van der Waals surface area contributed by atoms with Gasteiger partial charge in [0.15, 0.2) is 0 Å². The van der Waals surface area contributed by atoms with Gasteiger partial charge in [0.2, 0.25) is 0 Å². The second-order valence-electron chi connectivity index (χ2n) is 0. The van der Waals surface area contributed by atoms with Crippen LogP contribution in [0.1, 0.15) is 0 Å². The second kappa shape index (κ2) is 18.9. The zero-order valence-corrected chi connectivity index (χ0v) is 8.68. The summed E-state index contributed by atoms with van der Waals surface area (Å²) in [5.41, 5.74) is 0. The molecule has 0 aromatic carbocycles. The number of rotatable bonds is 0. The van der Waals surface area contributed by atoms with Gasteiger partial charge in [-0.2, -0.15) is 13.5 Å². The summed E-state index contributed by atoms with van der Waals surface area (Å²) in [7, 11) is 0. The first-order valence-electron chi connectivity index (χ1n) is 0. The van der Waals surface area contributed by atoms with Gasteiger partial charge in [-0.05, 0) is 0 Å². The largest absolute Gasteiger partial charge is 0.197 e. The molecule has 0 saturated carbocycles. The van der Waals surface area contributed by atoms with E-state index in [1.165, 1.54) is 0 Å². The standard InChI is InChI=1S/As.H2S.Se.Te/h;1H2;;. The zero-order valence-electron chi connectivity index (χ0n) is 1.76. The minimum absolute atomic E-state index is 0. The molecule has 4 heavy (non-hydrogen) atoms. The summed E-state index contributed by atoms with van der Waals surface area (Å²) in [4.78, 5) is 0. The summed E-state index contributed by atoms with van der Waals surface area (Å²) >= 11 is 0. The van der Waals surface area contributed by atoms with Crippen LogP contribution in [0, 0.1) is 0 Å². The minimum Gasteiger partial charge on any atom is -0.197 e. The van der Waals surface area contributed by atoms with Gasteiger partial charge in [0.1, 0.15) is 0 Å². The van der Waals surface area contributed by atoms with Crippen molar-refractivity contribution in [3.63, 3.8) is 0 Å². The smallest absolute Gasteiger partial charge is 0 e. The molecule has 0 heterocycles. The topological polar surface area (TPSA) is 0 Å². The van der Waals surface area contributed by atoms with Gasteiger partial charge in [-0.1, -0.05) is 0 Å². The Kier molecular flexibility index (Phi) is 162. The molecule has 0 nitrogen and oxygen atoms in total. The van der Waals surface area contributed by atoms with E-state index in [0.717, 1.165) is 0 Å². The van der Waals surface area contributed by atoms with Crippen molar-refractivity contribution < 1.29 is 0 Å². The van der Waals surface area contributed by atoms with Crippen LogP contribution < -0.4 is 0 Å². The van der Waals surface area contributed by atoms with E-state index < -0.39 is 0 Å². The van der Waals surface area contributed by atoms with Crippen LogP contribution in [0.3, 0.4) is 0 Å². The van der Waals surface area contributed by atoms with Gasteiger partial charge in [-0.25, -0.2) is 0 Å². The van der Waals surface area contributed by atoms with E-state index in [4.69, 9.17) is 0 Å². The Bertz CT molecular complexity index is 8.00. The van der Waals surface area contributed by atoms with E-state index in [0.29, 0.717) is 0 Å². The average molecular weight is 316 g/mol. The monoisotopic (exact) mass is 319 g/mol. The molecule has 0 bridgehead atoms. The molecule has 0 fully saturated rings. The molecule has 7 radical (unpaired) electrons. The maximum atomic E-state index is 0. The van der Waals surface area contributed by atoms with E-state index in [2.05, 4.69) is 0 Å². The molecule has 0 saturated heterocycles. The van der Waals surface area contributed by atoms with Crippen molar-refractivity contribution in [2.45, 2.75) is 0 Å². The summed E-state index contributed by atoms with van der Waals surface area (Å²) in [6, 6.07) is 0. The predicted octanol–water partition coefficient (Wildman–Crippen LogP) is -1.03. The van der Waals surface area contributed by atoms with Gasteiger partial charge in [0.05, 0.1) is 0 Å². The third-order valence-electron chi connectivity index (χ3n) is 0. The van der Waals surface area contributed by atoms with E-state index in [1.54, 1.807) is 0 Å². The average Bonchev–Trinajstić information content (AvgIpc) is 0. The van der Waals surface area contributed by atoms with Crippen molar-refractivity contribution in [1.82, 2.24) is 0 Å². The maximum Gasteiger partial charge on any atom is 0 e. The van der Waals surface area contributed by atoms with Crippen molar-refractivity contribution >= 4 is 72.2 Å². The van der Waals surface area contributed by atoms with Crippen molar-refractivity contribution in [2.24, 2.45) is 0 Å². The molecule has 0 amide bonds. The zero-order chi connectivity index (χ0) is 0. The first-order chi connectivity index (χ1) is 0. The Morgan fingerprint density at radius 3 is 1.00 bits per heavy atom. The maximum absolute atomic E-state index is 0. The molecule has 0 aromatic rings. The van der Waals surface area contributed by atoms with Crippen LogP contribution in [-0.4, -0.2) is 58.7 Å². The summed E-state index contributed by atoms with van der Waals surface area (Å²) in [5, 5.41) is 0. The molecule has 0 spiro atoms. The normalized spacial score (nSPS) is 0. The van der Waals surface area contributed by atoms with Crippen LogP contribution in [0.5, 0.6) is 0 Å². The summed E-state index contributed by atoms with van der Waals surface area (Å²) in [6.45, 7) is 0. The molecule has 25 valence electrons. The molecular formula is H2AsSSeTe. The van der Waals surface area contributed by atoms with Crippen molar-refractivity contribution in [1.29, 1.82) is 0 Å². The van der Waals surface area contributed by atoms with E-state index >= 15 is 0 Å². The van der Waals surface area contributed by atoms with Crippen LogP contribution in [-0.2, 0) is 0 Å². The van der Waals surface area contributed by atoms with Crippen molar-refractivity contribution in [2.75, 3.05) is 0 Å². The SMILES string of the molecule is S.[As].[Se].[Te]. The van der Waals surface area contributed by atoms with Gasteiger partial charge < -0.3 is 0 Å². The minimum atomic E-state index is 0. The molecule has 4 heteroatoms. The number of hydrogen-bond acceptors (Lipinski definition) is 0. The molecule has 0 aliphatic carbocycles. The van der Waals surface area contributed by atoms with Crippen molar-refractivity contribution in [3.05, 3.63) is 0 Å². The molecule has 0 atom stereocenters. The summed E-state index contributed by atoms with van der Waals surface area (Å²) in [5.74, 6) is 0. The van der Waals surface area contributed by atoms with Crippen LogP contribution >= 0.6 is 13.5 Å². The Morgan fingerprint density at radius 2 is 1.00 bits per heavy atom. The van der Waals surface area contributed by atoms with Crippen LogP contribution in [0.2, 0.25) is 0 Å². The first kappa shape index (κ1) is 34.4. The molecule has 0 aromatic heterocycles. The fourth-order valence-corrected chi connectivity index (χ4v) is 0. The van der Waals surface area contributed by atoms with Gasteiger partial charge in [-0.15, -0.1) is 0 Å². The Morgan fingerprint density at radius 1 is 1.00 bits per heavy atom. The molecule has 0 unspecified atom stereocenters. The van der Waals surface area contributed by atoms with Crippen molar-refractivity contribution in [3.8, 4) is 0 Å². The fraction of sp³-hybridized carbons (Fsp3) is 0. The summed E-state index contributed by atoms with van der Waals surface area (Å²) < 4.78 is 0. The van der Waals surface area contributed by atoms with E-state index in [9.17, 15) is 0 Å². The van der Waals surface area contributed by atoms with Crippen LogP contribution in [0.15, 0.2) is 0 Å². The third-order valence-corrected chi connectivity index (χ3v) is 0. The van der Waals surface area contributed by atoms with Gasteiger partial charge in [0.25, 0.3) is 0 Å². The Balaban J connectivity index is 0.